The highest BCUT2D eigenvalue weighted by Gasteiger charge is 2.05. The minimum Gasteiger partial charge on any atom is -0.357 e. The summed E-state index contributed by atoms with van der Waals surface area (Å²) in [4.78, 5) is 11.9. The Labute approximate surface area is 101 Å². The first-order chi connectivity index (χ1) is 8.15. The van der Waals surface area contributed by atoms with E-state index >= 15 is 0 Å². The summed E-state index contributed by atoms with van der Waals surface area (Å²) in [6.45, 7) is 2.54. The van der Waals surface area contributed by atoms with E-state index in [9.17, 15) is 4.79 Å². The molecule has 0 unspecified atom stereocenters. The fraction of sp³-hybridized carbons (Fsp3) is 0.214. The first-order valence-electron chi connectivity index (χ1n) is 5.61. The third-order valence-electron chi connectivity index (χ3n) is 2.63. The van der Waals surface area contributed by atoms with Gasteiger partial charge in [0.2, 0.25) is 0 Å². The van der Waals surface area contributed by atoms with Crippen molar-refractivity contribution < 1.29 is 4.79 Å². The molecule has 1 aromatic carbocycles. The molecule has 0 fully saturated rings. The Bertz CT molecular complexity index is 529. The van der Waals surface area contributed by atoms with Crippen LogP contribution in [0, 0.1) is 6.92 Å². The Balaban J connectivity index is 1.98. The number of benzene rings is 1. The third kappa shape index (κ3) is 2.97. The van der Waals surface area contributed by atoms with Crippen molar-refractivity contribution in [2.45, 2.75) is 13.5 Å². The second kappa shape index (κ2) is 4.87. The molecule has 0 radical (unpaired) electrons. The lowest BCUT2D eigenvalue weighted by molar-refractivity contribution is 0.0951. The van der Waals surface area contributed by atoms with Crippen LogP contribution in [0.1, 0.15) is 21.5 Å². The van der Waals surface area contributed by atoms with Crippen molar-refractivity contribution >= 4 is 5.91 Å². The summed E-state index contributed by atoms with van der Waals surface area (Å²) in [6.07, 6.45) is 3.96. The number of aromatic nitrogens is 1. The van der Waals surface area contributed by atoms with Gasteiger partial charge in [-0.3, -0.25) is 4.79 Å². The first kappa shape index (κ1) is 11.5. The highest BCUT2D eigenvalue weighted by molar-refractivity contribution is 5.94. The molecule has 17 heavy (non-hydrogen) atoms. The quantitative estimate of drug-likeness (QED) is 0.859. The molecule has 88 valence electrons. The lowest BCUT2D eigenvalue weighted by atomic mass is 10.1. The molecular weight excluding hydrogens is 212 g/mol. The molecule has 2 rings (SSSR count). The van der Waals surface area contributed by atoms with Gasteiger partial charge in [-0.2, -0.15) is 0 Å². The Morgan fingerprint density at radius 1 is 1.35 bits per heavy atom. The lowest BCUT2D eigenvalue weighted by Crippen LogP contribution is -2.22. The molecule has 3 heteroatoms. The van der Waals surface area contributed by atoms with Gasteiger partial charge in [-0.15, -0.1) is 0 Å². The van der Waals surface area contributed by atoms with Crippen molar-refractivity contribution in [3.05, 3.63) is 59.4 Å². The van der Waals surface area contributed by atoms with Crippen LogP contribution in [0.4, 0.5) is 0 Å². The van der Waals surface area contributed by atoms with Crippen molar-refractivity contribution in [2.24, 2.45) is 7.05 Å². The van der Waals surface area contributed by atoms with Crippen LogP contribution >= 0.6 is 0 Å². The number of nitrogens with one attached hydrogen (secondary N) is 1. The number of hydrogen-bond donors (Lipinski definition) is 1. The molecule has 0 spiro atoms. The van der Waals surface area contributed by atoms with Crippen LogP contribution in [-0.4, -0.2) is 10.5 Å². The van der Waals surface area contributed by atoms with Gasteiger partial charge in [-0.25, -0.2) is 0 Å². The Morgan fingerprint density at radius 3 is 2.82 bits per heavy atom. The Hall–Kier alpha value is -2.03. The number of carbonyl (C=O) groups is 1. The summed E-state index contributed by atoms with van der Waals surface area (Å²) < 4.78 is 1.97. The van der Waals surface area contributed by atoms with E-state index in [2.05, 4.69) is 5.32 Å². The normalized spacial score (nSPS) is 10.2. The molecule has 0 aliphatic rings. The van der Waals surface area contributed by atoms with Crippen LogP contribution in [0.2, 0.25) is 0 Å². The summed E-state index contributed by atoms with van der Waals surface area (Å²) in [5.41, 5.74) is 2.91. The number of carbonyl (C=O) groups excluding carboxylic acids is 1. The van der Waals surface area contributed by atoms with Gasteiger partial charge in [-0.1, -0.05) is 17.7 Å². The summed E-state index contributed by atoms with van der Waals surface area (Å²) >= 11 is 0. The topological polar surface area (TPSA) is 34.0 Å². The minimum absolute atomic E-state index is 0.0300. The van der Waals surface area contributed by atoms with Gasteiger partial charge in [0.1, 0.15) is 0 Å². The molecule has 1 amide bonds. The molecule has 1 aromatic heterocycles. The minimum atomic E-state index is -0.0300. The summed E-state index contributed by atoms with van der Waals surface area (Å²) in [5.74, 6) is -0.0300. The zero-order valence-corrected chi connectivity index (χ0v) is 10.1. The van der Waals surface area contributed by atoms with E-state index in [1.54, 1.807) is 0 Å². The highest BCUT2D eigenvalue weighted by atomic mass is 16.1. The number of nitrogens with zero attached hydrogens (tertiary/aromatic N) is 1. The zero-order chi connectivity index (χ0) is 12.3. The fourth-order valence-corrected chi connectivity index (χ4v) is 1.74. The first-order valence-corrected chi connectivity index (χ1v) is 5.61. The molecule has 0 atom stereocenters. The monoisotopic (exact) mass is 228 g/mol. The predicted octanol–water partition coefficient (Wildman–Crippen LogP) is 2.26. The zero-order valence-electron chi connectivity index (χ0n) is 10.1. The van der Waals surface area contributed by atoms with Gasteiger partial charge in [0.25, 0.3) is 5.91 Å². The Kier molecular flexibility index (Phi) is 3.28. The Morgan fingerprint density at radius 2 is 2.18 bits per heavy atom. The van der Waals surface area contributed by atoms with Crippen LogP contribution in [-0.2, 0) is 13.6 Å². The van der Waals surface area contributed by atoms with Crippen molar-refractivity contribution in [1.82, 2.24) is 9.88 Å². The maximum Gasteiger partial charge on any atom is 0.251 e. The van der Waals surface area contributed by atoms with E-state index in [1.165, 1.54) is 0 Å². The molecule has 0 bridgehead atoms. The van der Waals surface area contributed by atoms with Crippen molar-refractivity contribution in [2.75, 3.05) is 0 Å². The standard InChI is InChI=1S/C14H16N2O/c1-11-4-3-5-13(8-11)14(17)15-9-12-6-7-16(2)10-12/h3-8,10H,9H2,1-2H3,(H,15,17). The summed E-state index contributed by atoms with van der Waals surface area (Å²) in [7, 11) is 1.96. The van der Waals surface area contributed by atoms with Crippen LogP contribution in [0.15, 0.2) is 42.7 Å². The van der Waals surface area contributed by atoms with Crippen molar-refractivity contribution in [3.8, 4) is 0 Å². The predicted molar refractivity (Wildman–Crippen MR) is 67.8 cm³/mol. The lowest BCUT2D eigenvalue weighted by Gasteiger charge is -2.04. The van der Waals surface area contributed by atoms with Crippen LogP contribution in [0.25, 0.3) is 0 Å². The smallest absolute Gasteiger partial charge is 0.251 e. The van der Waals surface area contributed by atoms with Gasteiger partial charge >= 0.3 is 0 Å². The van der Waals surface area contributed by atoms with E-state index in [0.29, 0.717) is 12.1 Å². The maximum absolute atomic E-state index is 11.9. The maximum atomic E-state index is 11.9. The largest absolute Gasteiger partial charge is 0.357 e. The average Bonchev–Trinajstić information content (AvgIpc) is 2.72. The summed E-state index contributed by atoms with van der Waals surface area (Å²) in [6, 6.07) is 9.59. The molecule has 1 heterocycles. The second-order valence-electron chi connectivity index (χ2n) is 4.24. The molecule has 0 saturated carbocycles. The average molecular weight is 228 g/mol. The summed E-state index contributed by atoms with van der Waals surface area (Å²) in [5, 5.41) is 2.90. The number of amides is 1. The molecule has 0 aliphatic heterocycles. The molecule has 3 nitrogen and oxygen atoms in total. The highest BCUT2D eigenvalue weighted by Crippen LogP contribution is 2.05. The van der Waals surface area contributed by atoms with E-state index in [4.69, 9.17) is 0 Å². The van der Waals surface area contributed by atoms with E-state index in [0.717, 1.165) is 11.1 Å². The van der Waals surface area contributed by atoms with Crippen molar-refractivity contribution in [3.63, 3.8) is 0 Å². The van der Waals surface area contributed by atoms with Gasteiger partial charge < -0.3 is 9.88 Å². The third-order valence-corrected chi connectivity index (χ3v) is 2.63. The fourth-order valence-electron chi connectivity index (χ4n) is 1.74. The molecule has 0 aliphatic carbocycles. The number of aryl methyl sites for hydroxylation is 2. The molecule has 0 saturated heterocycles. The van der Waals surface area contributed by atoms with Gasteiger partial charge in [0.05, 0.1) is 0 Å². The molecular formula is C14H16N2O. The number of rotatable bonds is 3. The van der Waals surface area contributed by atoms with Gasteiger partial charge in [0, 0.05) is 31.5 Å². The SMILES string of the molecule is Cc1cccc(C(=O)NCc2ccn(C)c2)c1. The van der Waals surface area contributed by atoms with Crippen LogP contribution < -0.4 is 5.32 Å². The molecule has 2 aromatic rings. The van der Waals surface area contributed by atoms with Gasteiger partial charge in [0.15, 0.2) is 0 Å². The van der Waals surface area contributed by atoms with Crippen LogP contribution in [0.5, 0.6) is 0 Å². The van der Waals surface area contributed by atoms with Crippen LogP contribution in [0.3, 0.4) is 0 Å². The number of hydrogen-bond acceptors (Lipinski definition) is 1. The van der Waals surface area contributed by atoms with E-state index in [-0.39, 0.29) is 5.91 Å². The van der Waals surface area contributed by atoms with Gasteiger partial charge in [-0.05, 0) is 30.7 Å². The van der Waals surface area contributed by atoms with Crippen molar-refractivity contribution in [1.29, 1.82) is 0 Å². The van der Waals surface area contributed by atoms with E-state index < -0.39 is 0 Å². The molecule has 1 N–H and O–H groups in total. The van der Waals surface area contributed by atoms with E-state index in [1.807, 2.05) is 61.3 Å². The second-order valence-corrected chi connectivity index (χ2v) is 4.24.